The summed E-state index contributed by atoms with van der Waals surface area (Å²) in [5.41, 5.74) is -0.0747. The number of carboxylic acid groups (broad SMARTS) is 1. The highest BCUT2D eigenvalue weighted by atomic mass is 16.4. The maximum absolute atomic E-state index is 12.3. The number of aromatic hydroxyl groups is 1. The molecule has 3 rings (SSSR count). The maximum atomic E-state index is 12.3. The number of nitrogens with one attached hydrogen (secondary N) is 1. The van der Waals surface area contributed by atoms with Gasteiger partial charge >= 0.3 is 12.0 Å². The molecule has 0 unspecified atom stereocenters. The summed E-state index contributed by atoms with van der Waals surface area (Å²) >= 11 is 0. The molecule has 0 aliphatic heterocycles. The minimum atomic E-state index is -1.22. The molecular weight excluding hydrogens is 272 g/mol. The number of urea groups is 1. The molecule has 2 fully saturated rings. The monoisotopic (exact) mass is 290 g/mol. The van der Waals surface area contributed by atoms with Gasteiger partial charge in [0.05, 0.1) is 5.69 Å². The Balaban J connectivity index is 1.73. The van der Waals surface area contributed by atoms with Gasteiger partial charge in [-0.15, -0.1) is 0 Å². The molecule has 3 N–H and O–H groups in total. The summed E-state index contributed by atoms with van der Waals surface area (Å²) in [5, 5.41) is 21.5. The van der Waals surface area contributed by atoms with Gasteiger partial charge in [-0.3, -0.25) is 0 Å². The Morgan fingerprint density at radius 1 is 1.24 bits per heavy atom. The highest BCUT2D eigenvalue weighted by molar-refractivity contribution is 5.97. The summed E-state index contributed by atoms with van der Waals surface area (Å²) in [4.78, 5) is 25.1. The minimum Gasteiger partial charge on any atom is -0.505 e. The van der Waals surface area contributed by atoms with Gasteiger partial charge in [0.1, 0.15) is 5.56 Å². The number of hydrogen-bond donors (Lipinski definition) is 3. The molecule has 6 nitrogen and oxygen atoms in total. The molecule has 0 heterocycles. The van der Waals surface area contributed by atoms with Gasteiger partial charge in [0.2, 0.25) is 0 Å². The van der Waals surface area contributed by atoms with Crippen molar-refractivity contribution >= 4 is 17.7 Å². The van der Waals surface area contributed by atoms with E-state index in [1.54, 1.807) is 0 Å². The van der Waals surface area contributed by atoms with E-state index in [4.69, 9.17) is 5.11 Å². The van der Waals surface area contributed by atoms with E-state index in [2.05, 4.69) is 5.32 Å². The SMILES string of the molecule is O=C(O)c1cccc(NC(=O)N(CC2CC2)C2CC2)c1O. The number of hydrogen-bond acceptors (Lipinski definition) is 3. The Morgan fingerprint density at radius 3 is 2.52 bits per heavy atom. The Bertz CT molecular complexity index is 579. The Hall–Kier alpha value is -2.24. The summed E-state index contributed by atoms with van der Waals surface area (Å²) in [6, 6.07) is 4.33. The van der Waals surface area contributed by atoms with Crippen molar-refractivity contribution in [3.63, 3.8) is 0 Å². The zero-order chi connectivity index (χ0) is 15.0. The van der Waals surface area contributed by atoms with Crippen LogP contribution in [0.4, 0.5) is 10.5 Å². The third-order valence-electron chi connectivity index (χ3n) is 3.91. The van der Waals surface area contributed by atoms with E-state index in [-0.39, 0.29) is 23.3 Å². The molecule has 1 aromatic carbocycles. The fraction of sp³-hybridized carbons (Fsp3) is 0.467. The molecule has 0 saturated heterocycles. The van der Waals surface area contributed by atoms with E-state index in [9.17, 15) is 14.7 Å². The summed E-state index contributed by atoms with van der Waals surface area (Å²) in [6.45, 7) is 0.746. The molecule has 0 spiro atoms. The first-order valence-electron chi connectivity index (χ1n) is 7.19. The average molecular weight is 290 g/mol. The summed E-state index contributed by atoms with van der Waals surface area (Å²) in [5.74, 6) is -1.03. The molecule has 2 aliphatic rings. The zero-order valence-corrected chi connectivity index (χ0v) is 11.6. The molecule has 2 amide bonds. The Labute approximate surface area is 122 Å². The average Bonchev–Trinajstić information content (AvgIpc) is 3.31. The van der Waals surface area contributed by atoms with Gasteiger partial charge in [-0.2, -0.15) is 0 Å². The number of anilines is 1. The van der Waals surface area contributed by atoms with Gasteiger partial charge in [0, 0.05) is 12.6 Å². The van der Waals surface area contributed by atoms with Crippen LogP contribution >= 0.6 is 0 Å². The van der Waals surface area contributed by atoms with Gasteiger partial charge in [-0.25, -0.2) is 9.59 Å². The molecule has 2 aliphatic carbocycles. The lowest BCUT2D eigenvalue weighted by Crippen LogP contribution is -2.38. The number of phenols is 1. The number of rotatable bonds is 5. The lowest BCUT2D eigenvalue weighted by Gasteiger charge is -2.23. The number of benzene rings is 1. The van der Waals surface area contributed by atoms with Crippen molar-refractivity contribution in [3.05, 3.63) is 23.8 Å². The molecule has 1 aromatic rings. The van der Waals surface area contributed by atoms with Crippen molar-refractivity contribution in [1.29, 1.82) is 0 Å². The van der Waals surface area contributed by atoms with Crippen LogP contribution in [0.5, 0.6) is 5.75 Å². The molecule has 112 valence electrons. The van der Waals surface area contributed by atoms with Crippen LogP contribution in [0.15, 0.2) is 18.2 Å². The van der Waals surface area contributed by atoms with Crippen LogP contribution in [0, 0.1) is 5.92 Å². The molecule has 21 heavy (non-hydrogen) atoms. The van der Waals surface area contributed by atoms with Crippen molar-refractivity contribution < 1.29 is 19.8 Å². The first-order chi connectivity index (χ1) is 10.1. The van der Waals surface area contributed by atoms with Gasteiger partial charge in [0.15, 0.2) is 5.75 Å². The van der Waals surface area contributed by atoms with Crippen LogP contribution in [0.1, 0.15) is 36.0 Å². The maximum Gasteiger partial charge on any atom is 0.339 e. The van der Waals surface area contributed by atoms with Gasteiger partial charge in [-0.05, 0) is 43.7 Å². The third kappa shape index (κ3) is 3.09. The van der Waals surface area contributed by atoms with Gasteiger partial charge in [-0.1, -0.05) is 6.07 Å². The number of aromatic carboxylic acids is 1. The van der Waals surface area contributed by atoms with E-state index in [1.165, 1.54) is 18.2 Å². The van der Waals surface area contributed by atoms with Gasteiger partial charge in [0.25, 0.3) is 0 Å². The first kappa shape index (κ1) is 13.7. The Morgan fingerprint density at radius 2 is 1.95 bits per heavy atom. The second-order valence-electron chi connectivity index (χ2n) is 5.76. The van der Waals surface area contributed by atoms with Crippen molar-refractivity contribution in [3.8, 4) is 5.75 Å². The summed E-state index contributed by atoms with van der Waals surface area (Å²) in [7, 11) is 0. The standard InChI is InChI=1S/C15H18N2O4/c18-13-11(14(19)20)2-1-3-12(13)16-15(21)17(10-6-7-10)8-9-4-5-9/h1-3,9-10,18H,4-8H2,(H,16,21)(H,19,20). The predicted octanol–water partition coefficient (Wildman–Crippen LogP) is 2.50. The molecule has 0 aromatic heterocycles. The van der Waals surface area contributed by atoms with E-state index >= 15 is 0 Å². The highest BCUT2D eigenvalue weighted by Crippen LogP contribution is 2.35. The van der Waals surface area contributed by atoms with E-state index in [1.807, 2.05) is 4.90 Å². The van der Waals surface area contributed by atoms with Crippen LogP contribution in [-0.2, 0) is 0 Å². The predicted molar refractivity (Wildman–Crippen MR) is 76.5 cm³/mol. The molecule has 0 radical (unpaired) electrons. The van der Waals surface area contributed by atoms with Crippen LogP contribution < -0.4 is 5.32 Å². The van der Waals surface area contributed by atoms with Crippen molar-refractivity contribution in [2.24, 2.45) is 5.92 Å². The number of nitrogens with zero attached hydrogens (tertiary/aromatic N) is 1. The topological polar surface area (TPSA) is 89.9 Å². The van der Waals surface area contributed by atoms with Crippen LogP contribution in [-0.4, -0.2) is 39.7 Å². The van der Waals surface area contributed by atoms with Crippen LogP contribution in [0.25, 0.3) is 0 Å². The second kappa shape index (κ2) is 5.27. The van der Waals surface area contributed by atoms with Crippen molar-refractivity contribution in [2.45, 2.75) is 31.7 Å². The highest BCUT2D eigenvalue weighted by Gasteiger charge is 2.36. The number of carbonyl (C=O) groups excluding carboxylic acids is 1. The van der Waals surface area contributed by atoms with E-state index < -0.39 is 11.7 Å². The van der Waals surface area contributed by atoms with Gasteiger partial charge < -0.3 is 20.4 Å². The van der Waals surface area contributed by atoms with Crippen LogP contribution in [0.3, 0.4) is 0 Å². The smallest absolute Gasteiger partial charge is 0.339 e. The lowest BCUT2D eigenvalue weighted by molar-refractivity contribution is 0.0693. The van der Waals surface area contributed by atoms with E-state index in [0.29, 0.717) is 5.92 Å². The Kier molecular flexibility index (Phi) is 3.45. The minimum absolute atomic E-state index is 0.140. The molecule has 6 heteroatoms. The fourth-order valence-corrected chi connectivity index (χ4v) is 2.37. The summed E-state index contributed by atoms with van der Waals surface area (Å²) in [6.07, 6.45) is 4.36. The largest absolute Gasteiger partial charge is 0.505 e. The van der Waals surface area contributed by atoms with Crippen molar-refractivity contribution in [1.82, 2.24) is 4.90 Å². The fourth-order valence-electron chi connectivity index (χ4n) is 2.37. The summed E-state index contributed by atoms with van der Waals surface area (Å²) < 4.78 is 0. The zero-order valence-electron chi connectivity index (χ0n) is 11.6. The number of amides is 2. The molecular formula is C15H18N2O4. The molecule has 2 saturated carbocycles. The quantitative estimate of drug-likeness (QED) is 0.727. The van der Waals surface area contributed by atoms with Crippen molar-refractivity contribution in [2.75, 3.05) is 11.9 Å². The first-order valence-corrected chi connectivity index (χ1v) is 7.19. The molecule has 0 bridgehead atoms. The lowest BCUT2D eigenvalue weighted by atomic mass is 10.1. The normalized spacial score (nSPS) is 17.3. The number of carbonyl (C=O) groups is 2. The number of carboxylic acids is 1. The number of para-hydroxylation sites is 1. The second-order valence-corrected chi connectivity index (χ2v) is 5.76. The van der Waals surface area contributed by atoms with Crippen LogP contribution in [0.2, 0.25) is 0 Å². The third-order valence-corrected chi connectivity index (χ3v) is 3.91. The van der Waals surface area contributed by atoms with E-state index in [0.717, 1.165) is 32.2 Å². The molecule has 0 atom stereocenters.